The molecule has 2 nitrogen and oxygen atoms in total. The number of rotatable bonds is 9. The van der Waals surface area contributed by atoms with Crippen LogP contribution in [0.5, 0.6) is 0 Å². The van der Waals surface area contributed by atoms with Gasteiger partial charge in [-0.3, -0.25) is 0 Å². The van der Waals surface area contributed by atoms with Gasteiger partial charge in [-0.2, -0.15) is 0 Å². The van der Waals surface area contributed by atoms with Crippen LogP contribution in [0.25, 0.3) is 0 Å². The lowest BCUT2D eigenvalue weighted by atomic mass is 9.84. The van der Waals surface area contributed by atoms with Gasteiger partial charge in [0.25, 0.3) is 0 Å². The summed E-state index contributed by atoms with van der Waals surface area (Å²) in [4.78, 5) is 0. The first-order chi connectivity index (χ1) is 8.20. The molecule has 2 N–H and O–H groups in total. The molecule has 2 heteroatoms. The van der Waals surface area contributed by atoms with Gasteiger partial charge in [0.15, 0.2) is 0 Å². The minimum absolute atomic E-state index is 0.462. The molecule has 18 heavy (non-hydrogen) atoms. The molecule has 0 radical (unpaired) electrons. The highest BCUT2D eigenvalue weighted by molar-refractivity contribution is 4.69. The quantitative estimate of drug-likeness (QED) is 0.658. The van der Waals surface area contributed by atoms with Crippen LogP contribution in [0, 0.1) is 17.3 Å². The van der Waals surface area contributed by atoms with E-state index >= 15 is 0 Å². The van der Waals surface area contributed by atoms with E-state index in [4.69, 9.17) is 0 Å². The van der Waals surface area contributed by atoms with Gasteiger partial charge in [0.05, 0.1) is 0 Å². The Morgan fingerprint density at radius 2 is 1.56 bits per heavy atom. The van der Waals surface area contributed by atoms with E-state index in [1.54, 1.807) is 0 Å². The standard InChI is InChI=1S/C16H36N2/c1-13(2)11-17-12-15(4)18-9-8-14(3)10-16(5,6)7/h13-15,17-18H,8-12H2,1-7H3. The molecule has 0 aliphatic heterocycles. The maximum absolute atomic E-state index is 3.61. The van der Waals surface area contributed by atoms with Gasteiger partial charge in [0.1, 0.15) is 0 Å². The van der Waals surface area contributed by atoms with Crippen LogP contribution in [-0.4, -0.2) is 25.7 Å². The van der Waals surface area contributed by atoms with Gasteiger partial charge in [-0.25, -0.2) is 0 Å². The van der Waals surface area contributed by atoms with Gasteiger partial charge in [-0.05, 0) is 50.1 Å². The summed E-state index contributed by atoms with van der Waals surface area (Å²) in [7, 11) is 0. The molecule has 0 aliphatic carbocycles. The van der Waals surface area contributed by atoms with Crippen molar-refractivity contribution in [1.82, 2.24) is 10.6 Å². The molecule has 0 bridgehead atoms. The maximum atomic E-state index is 3.61. The van der Waals surface area contributed by atoms with Gasteiger partial charge < -0.3 is 10.6 Å². The van der Waals surface area contributed by atoms with Gasteiger partial charge in [0.2, 0.25) is 0 Å². The van der Waals surface area contributed by atoms with Crippen molar-refractivity contribution in [2.75, 3.05) is 19.6 Å². The van der Waals surface area contributed by atoms with Crippen LogP contribution in [0.3, 0.4) is 0 Å². The van der Waals surface area contributed by atoms with Crippen molar-refractivity contribution in [2.45, 2.75) is 67.3 Å². The molecule has 0 rings (SSSR count). The third kappa shape index (κ3) is 12.4. The van der Waals surface area contributed by atoms with Crippen molar-refractivity contribution in [1.29, 1.82) is 0 Å². The molecule has 0 aromatic heterocycles. The molecule has 0 amide bonds. The Labute approximate surface area is 115 Å². The molecular formula is C16H36N2. The fourth-order valence-corrected chi connectivity index (χ4v) is 2.38. The monoisotopic (exact) mass is 256 g/mol. The van der Waals surface area contributed by atoms with Crippen molar-refractivity contribution in [3.63, 3.8) is 0 Å². The van der Waals surface area contributed by atoms with Crippen LogP contribution in [0.15, 0.2) is 0 Å². The summed E-state index contributed by atoms with van der Waals surface area (Å²) in [5, 5.41) is 7.11. The Balaban J connectivity index is 3.52. The molecule has 0 saturated heterocycles. The molecule has 0 spiro atoms. The first kappa shape index (κ1) is 17.9. The van der Waals surface area contributed by atoms with E-state index in [9.17, 15) is 0 Å². The first-order valence-electron chi connectivity index (χ1n) is 7.65. The number of hydrogen-bond donors (Lipinski definition) is 2. The average Bonchev–Trinajstić information content (AvgIpc) is 2.13. The predicted octanol–water partition coefficient (Wildman–Crippen LogP) is 3.67. The molecule has 0 aliphatic rings. The van der Waals surface area contributed by atoms with E-state index in [1.807, 2.05) is 0 Å². The Kier molecular flexibility index (Phi) is 8.89. The molecule has 2 unspecified atom stereocenters. The van der Waals surface area contributed by atoms with Gasteiger partial charge >= 0.3 is 0 Å². The largest absolute Gasteiger partial charge is 0.315 e. The summed E-state index contributed by atoms with van der Waals surface area (Å²) >= 11 is 0. The Bertz CT molecular complexity index is 194. The third-order valence-corrected chi connectivity index (χ3v) is 3.09. The van der Waals surface area contributed by atoms with E-state index in [-0.39, 0.29) is 0 Å². The summed E-state index contributed by atoms with van der Waals surface area (Å²) in [5.41, 5.74) is 0.462. The zero-order valence-electron chi connectivity index (χ0n) is 13.8. The van der Waals surface area contributed by atoms with Gasteiger partial charge in [-0.1, -0.05) is 41.5 Å². The zero-order chi connectivity index (χ0) is 14.2. The predicted molar refractivity (Wildman–Crippen MR) is 83.0 cm³/mol. The Morgan fingerprint density at radius 3 is 2.06 bits per heavy atom. The average molecular weight is 256 g/mol. The first-order valence-corrected chi connectivity index (χ1v) is 7.65. The van der Waals surface area contributed by atoms with Crippen molar-refractivity contribution in [2.24, 2.45) is 17.3 Å². The lowest BCUT2D eigenvalue weighted by Gasteiger charge is -2.24. The Morgan fingerprint density at radius 1 is 0.944 bits per heavy atom. The second-order valence-electron chi connectivity index (χ2n) is 7.57. The Hall–Kier alpha value is -0.0800. The maximum Gasteiger partial charge on any atom is 0.0164 e. The highest BCUT2D eigenvalue weighted by Crippen LogP contribution is 2.25. The minimum Gasteiger partial charge on any atom is -0.315 e. The van der Waals surface area contributed by atoms with Crippen LogP contribution < -0.4 is 10.6 Å². The van der Waals surface area contributed by atoms with Crippen LogP contribution in [0.2, 0.25) is 0 Å². The third-order valence-electron chi connectivity index (χ3n) is 3.09. The molecule has 0 fully saturated rings. The molecule has 110 valence electrons. The van der Waals surface area contributed by atoms with E-state index in [0.717, 1.165) is 31.5 Å². The van der Waals surface area contributed by atoms with Crippen molar-refractivity contribution >= 4 is 0 Å². The topological polar surface area (TPSA) is 24.1 Å². The second-order valence-corrected chi connectivity index (χ2v) is 7.57. The smallest absolute Gasteiger partial charge is 0.0164 e. The normalized spacial score (nSPS) is 16.0. The van der Waals surface area contributed by atoms with E-state index in [0.29, 0.717) is 11.5 Å². The summed E-state index contributed by atoms with van der Waals surface area (Å²) in [6.07, 6.45) is 2.60. The summed E-state index contributed by atoms with van der Waals surface area (Å²) < 4.78 is 0. The zero-order valence-corrected chi connectivity index (χ0v) is 13.8. The summed E-state index contributed by atoms with van der Waals surface area (Å²) in [6.45, 7) is 19.5. The lowest BCUT2D eigenvalue weighted by Crippen LogP contribution is -2.38. The van der Waals surface area contributed by atoms with Gasteiger partial charge in [-0.15, -0.1) is 0 Å². The minimum atomic E-state index is 0.462. The highest BCUT2D eigenvalue weighted by atomic mass is 15.0. The van der Waals surface area contributed by atoms with Crippen molar-refractivity contribution in [3.8, 4) is 0 Å². The van der Waals surface area contributed by atoms with Crippen LogP contribution in [0.1, 0.15) is 61.3 Å². The van der Waals surface area contributed by atoms with Crippen molar-refractivity contribution < 1.29 is 0 Å². The van der Waals surface area contributed by atoms with Crippen LogP contribution >= 0.6 is 0 Å². The number of nitrogens with one attached hydrogen (secondary N) is 2. The second kappa shape index (κ2) is 8.92. The van der Waals surface area contributed by atoms with Crippen LogP contribution in [-0.2, 0) is 0 Å². The van der Waals surface area contributed by atoms with Gasteiger partial charge in [0, 0.05) is 12.6 Å². The fraction of sp³-hybridized carbons (Fsp3) is 1.00. The van der Waals surface area contributed by atoms with E-state index < -0.39 is 0 Å². The fourth-order valence-electron chi connectivity index (χ4n) is 2.38. The van der Waals surface area contributed by atoms with E-state index in [2.05, 4.69) is 59.1 Å². The molecule has 0 aromatic rings. The number of hydrogen-bond acceptors (Lipinski definition) is 2. The van der Waals surface area contributed by atoms with Crippen LogP contribution in [0.4, 0.5) is 0 Å². The molecule has 0 saturated carbocycles. The van der Waals surface area contributed by atoms with E-state index in [1.165, 1.54) is 12.8 Å². The highest BCUT2D eigenvalue weighted by Gasteiger charge is 2.15. The molecule has 2 atom stereocenters. The lowest BCUT2D eigenvalue weighted by molar-refractivity contribution is 0.292. The molecular weight excluding hydrogens is 220 g/mol. The summed E-state index contributed by atoms with van der Waals surface area (Å²) in [6, 6.07) is 0.575. The summed E-state index contributed by atoms with van der Waals surface area (Å²) in [5.74, 6) is 1.55. The SMILES string of the molecule is CC(C)CNCC(C)NCCC(C)CC(C)(C)C. The molecule has 0 heterocycles. The van der Waals surface area contributed by atoms with Crippen molar-refractivity contribution in [3.05, 3.63) is 0 Å². The molecule has 0 aromatic carbocycles.